The standard InChI is InChI=1S/C24H25ClN2O2S2.CH4O/c1-16-5-7-18(8-6-16)24(11-12-24)23(29)27(13-3-4-19-9-10-21(25)31-19)14-22-26-20(15-28)17(2)30-22;1-2/h5-10,15H,3-4,11-14H2,1-2H3;2H,1H3. The normalized spacial score (nSPS) is 13.7. The van der Waals surface area contributed by atoms with E-state index < -0.39 is 5.41 Å². The minimum absolute atomic E-state index is 0.168. The Bertz CT molecular complexity index is 1090. The van der Waals surface area contributed by atoms with Crippen molar-refractivity contribution in [1.29, 1.82) is 0 Å². The van der Waals surface area contributed by atoms with E-state index in [1.807, 2.05) is 24.0 Å². The molecule has 1 fully saturated rings. The van der Waals surface area contributed by atoms with Crippen LogP contribution < -0.4 is 0 Å². The Hall–Kier alpha value is -2.06. The zero-order valence-corrected chi connectivity index (χ0v) is 21.5. The molecule has 8 heteroatoms. The van der Waals surface area contributed by atoms with Crippen LogP contribution in [-0.4, -0.2) is 40.8 Å². The maximum Gasteiger partial charge on any atom is 0.233 e. The van der Waals surface area contributed by atoms with Crippen LogP contribution in [0.1, 0.15) is 55.6 Å². The highest BCUT2D eigenvalue weighted by molar-refractivity contribution is 7.16. The average molecular weight is 505 g/mol. The SMILES string of the molecule is CO.Cc1ccc(C2(C(=O)N(CCCc3ccc(Cl)s3)Cc3nc(C=O)c(C)s3)CC2)cc1. The molecule has 1 saturated carbocycles. The van der Waals surface area contributed by atoms with E-state index in [4.69, 9.17) is 16.7 Å². The summed E-state index contributed by atoms with van der Waals surface area (Å²) in [5, 5.41) is 7.81. The molecule has 3 aromatic rings. The van der Waals surface area contributed by atoms with Gasteiger partial charge in [0.2, 0.25) is 5.91 Å². The number of aliphatic hydroxyl groups excluding tert-OH is 1. The monoisotopic (exact) mass is 504 g/mol. The first kappa shape index (κ1) is 25.6. The van der Waals surface area contributed by atoms with Gasteiger partial charge in [-0.05, 0) is 57.2 Å². The predicted octanol–water partition coefficient (Wildman–Crippen LogP) is 5.59. The minimum atomic E-state index is -0.417. The third kappa shape index (κ3) is 6.09. The molecular formula is C25H29ClN2O3S2. The fraction of sp³-hybridized carbons (Fsp3) is 0.400. The van der Waals surface area contributed by atoms with Gasteiger partial charge >= 0.3 is 0 Å². The Morgan fingerprint density at radius 3 is 2.39 bits per heavy atom. The number of hydrogen-bond donors (Lipinski definition) is 1. The van der Waals surface area contributed by atoms with E-state index in [1.54, 1.807) is 11.3 Å². The van der Waals surface area contributed by atoms with Crippen molar-refractivity contribution in [2.24, 2.45) is 0 Å². The van der Waals surface area contributed by atoms with E-state index in [-0.39, 0.29) is 5.91 Å². The third-order valence-corrected chi connectivity index (χ3v) is 8.11. The number of carbonyl (C=O) groups is 2. The number of carbonyl (C=O) groups excluding carboxylic acids is 2. The van der Waals surface area contributed by atoms with Gasteiger partial charge in [0.15, 0.2) is 6.29 Å². The van der Waals surface area contributed by atoms with Gasteiger partial charge in [-0.3, -0.25) is 9.59 Å². The third-order valence-electron chi connectivity index (χ3n) is 5.85. The van der Waals surface area contributed by atoms with Gasteiger partial charge < -0.3 is 10.0 Å². The van der Waals surface area contributed by atoms with Crippen LogP contribution in [0, 0.1) is 13.8 Å². The van der Waals surface area contributed by atoms with E-state index in [9.17, 15) is 9.59 Å². The Morgan fingerprint density at radius 1 is 1.15 bits per heavy atom. The van der Waals surface area contributed by atoms with Gasteiger partial charge in [0.1, 0.15) is 10.7 Å². The van der Waals surface area contributed by atoms with Crippen molar-refractivity contribution in [3.05, 3.63) is 72.3 Å². The summed E-state index contributed by atoms with van der Waals surface area (Å²) in [6, 6.07) is 12.3. The first-order chi connectivity index (χ1) is 15.9. The van der Waals surface area contributed by atoms with Gasteiger partial charge in [-0.15, -0.1) is 22.7 Å². The Labute approximate surface area is 208 Å². The topological polar surface area (TPSA) is 70.5 Å². The summed E-state index contributed by atoms with van der Waals surface area (Å²) in [5.41, 5.74) is 2.35. The van der Waals surface area contributed by atoms with Crippen molar-refractivity contribution in [3.8, 4) is 0 Å². The molecule has 0 spiro atoms. The summed E-state index contributed by atoms with van der Waals surface area (Å²) in [4.78, 5) is 33.5. The number of amides is 1. The summed E-state index contributed by atoms with van der Waals surface area (Å²) in [7, 11) is 1.00. The number of benzene rings is 1. The quantitative estimate of drug-likeness (QED) is 0.386. The lowest BCUT2D eigenvalue weighted by Crippen LogP contribution is -2.39. The highest BCUT2D eigenvalue weighted by Gasteiger charge is 2.52. The van der Waals surface area contributed by atoms with E-state index in [2.05, 4.69) is 36.2 Å². The molecule has 2 heterocycles. The number of aryl methyl sites for hydroxylation is 3. The van der Waals surface area contributed by atoms with Crippen molar-refractivity contribution >= 4 is 46.5 Å². The molecule has 1 aliphatic rings. The second-order valence-electron chi connectivity index (χ2n) is 8.15. The highest BCUT2D eigenvalue weighted by Crippen LogP contribution is 2.50. The van der Waals surface area contributed by atoms with Crippen LogP contribution in [0.3, 0.4) is 0 Å². The number of thiophene rings is 1. The molecule has 5 nitrogen and oxygen atoms in total. The summed E-state index contributed by atoms with van der Waals surface area (Å²) < 4.78 is 0.791. The zero-order valence-electron chi connectivity index (χ0n) is 19.1. The molecule has 1 amide bonds. The fourth-order valence-corrected chi connectivity index (χ4v) is 5.96. The smallest absolute Gasteiger partial charge is 0.233 e. The van der Waals surface area contributed by atoms with Crippen LogP contribution in [-0.2, 0) is 23.2 Å². The molecule has 176 valence electrons. The van der Waals surface area contributed by atoms with Crippen LogP contribution in [0.5, 0.6) is 0 Å². The molecule has 1 aromatic carbocycles. The van der Waals surface area contributed by atoms with Crippen molar-refractivity contribution in [1.82, 2.24) is 9.88 Å². The van der Waals surface area contributed by atoms with Crippen LogP contribution in [0.4, 0.5) is 0 Å². The van der Waals surface area contributed by atoms with Crippen molar-refractivity contribution in [2.75, 3.05) is 13.7 Å². The number of thiazole rings is 1. The number of aliphatic hydroxyl groups is 1. The van der Waals surface area contributed by atoms with E-state index in [1.165, 1.54) is 21.8 Å². The van der Waals surface area contributed by atoms with E-state index in [0.29, 0.717) is 18.8 Å². The lowest BCUT2D eigenvalue weighted by Gasteiger charge is -2.27. The zero-order chi connectivity index (χ0) is 24.0. The second kappa shape index (κ2) is 11.4. The number of hydrogen-bond acceptors (Lipinski definition) is 6. The van der Waals surface area contributed by atoms with Crippen molar-refractivity contribution in [3.63, 3.8) is 0 Å². The number of halogens is 1. The maximum atomic E-state index is 13.7. The van der Waals surface area contributed by atoms with Gasteiger partial charge in [0, 0.05) is 23.4 Å². The first-order valence-corrected chi connectivity index (χ1v) is 12.9. The Kier molecular flexibility index (Phi) is 8.82. The molecule has 0 unspecified atom stereocenters. The molecule has 4 rings (SSSR count). The molecular weight excluding hydrogens is 476 g/mol. The molecule has 0 bridgehead atoms. The lowest BCUT2D eigenvalue weighted by atomic mass is 9.93. The van der Waals surface area contributed by atoms with Gasteiger partial charge in [0.05, 0.1) is 16.3 Å². The lowest BCUT2D eigenvalue weighted by molar-refractivity contribution is -0.134. The second-order valence-corrected chi connectivity index (χ2v) is 11.2. The predicted molar refractivity (Wildman–Crippen MR) is 136 cm³/mol. The first-order valence-electron chi connectivity index (χ1n) is 10.9. The molecule has 0 aliphatic heterocycles. The fourth-order valence-electron chi connectivity index (χ4n) is 3.91. The van der Waals surface area contributed by atoms with E-state index >= 15 is 0 Å². The van der Waals surface area contributed by atoms with Crippen LogP contribution >= 0.6 is 34.3 Å². The molecule has 0 atom stereocenters. The molecule has 33 heavy (non-hydrogen) atoms. The number of nitrogens with zero attached hydrogens (tertiary/aromatic N) is 2. The van der Waals surface area contributed by atoms with Crippen LogP contribution in [0.15, 0.2) is 36.4 Å². The Balaban J connectivity index is 0.00000149. The number of rotatable bonds is 9. The molecule has 2 aromatic heterocycles. The van der Waals surface area contributed by atoms with Gasteiger partial charge in [-0.1, -0.05) is 41.4 Å². The molecule has 1 aliphatic carbocycles. The van der Waals surface area contributed by atoms with Crippen molar-refractivity contribution < 1.29 is 14.7 Å². The Morgan fingerprint density at radius 2 is 1.85 bits per heavy atom. The summed E-state index contributed by atoms with van der Waals surface area (Å²) >= 11 is 9.14. The van der Waals surface area contributed by atoms with Crippen molar-refractivity contribution in [2.45, 2.75) is 51.5 Å². The number of aromatic nitrogens is 1. The van der Waals surface area contributed by atoms with Crippen LogP contribution in [0.25, 0.3) is 0 Å². The molecule has 0 radical (unpaired) electrons. The molecule has 1 N–H and O–H groups in total. The number of aldehydes is 1. The summed E-state index contributed by atoms with van der Waals surface area (Å²) in [6.45, 7) is 5.05. The van der Waals surface area contributed by atoms with E-state index in [0.717, 1.165) is 58.9 Å². The van der Waals surface area contributed by atoms with Gasteiger partial charge in [-0.2, -0.15) is 0 Å². The average Bonchev–Trinajstić information content (AvgIpc) is 3.40. The minimum Gasteiger partial charge on any atom is -0.400 e. The summed E-state index contributed by atoms with van der Waals surface area (Å²) in [6.07, 6.45) is 4.29. The maximum absolute atomic E-state index is 13.7. The largest absolute Gasteiger partial charge is 0.400 e. The van der Waals surface area contributed by atoms with Gasteiger partial charge in [-0.25, -0.2) is 4.98 Å². The molecule has 0 saturated heterocycles. The van der Waals surface area contributed by atoms with Gasteiger partial charge in [0.25, 0.3) is 0 Å². The summed E-state index contributed by atoms with van der Waals surface area (Å²) in [5.74, 6) is 0.168. The van der Waals surface area contributed by atoms with Crippen LogP contribution in [0.2, 0.25) is 4.34 Å². The highest BCUT2D eigenvalue weighted by atomic mass is 35.5.